The highest BCUT2D eigenvalue weighted by Gasteiger charge is 2.41. The lowest BCUT2D eigenvalue weighted by Gasteiger charge is -2.36. The van der Waals surface area contributed by atoms with Gasteiger partial charge in [0.2, 0.25) is 11.8 Å². The molecular weight excluding hydrogens is 594 g/mol. The molecule has 1 atom stereocenters. The van der Waals surface area contributed by atoms with E-state index < -0.39 is 17.8 Å². The quantitative estimate of drug-likeness (QED) is 0.152. The smallest absolute Gasteiger partial charge is 0.338 e. The Bertz CT molecular complexity index is 1490. The summed E-state index contributed by atoms with van der Waals surface area (Å²) in [4.78, 5) is 56.4. The van der Waals surface area contributed by atoms with Crippen molar-refractivity contribution in [1.82, 2.24) is 9.80 Å². The van der Waals surface area contributed by atoms with Crippen LogP contribution >= 0.6 is 35.6 Å². The van der Waals surface area contributed by atoms with Crippen molar-refractivity contribution in [2.75, 3.05) is 37.7 Å². The van der Waals surface area contributed by atoms with Crippen molar-refractivity contribution >= 4 is 69.2 Å². The van der Waals surface area contributed by atoms with Crippen LogP contribution < -0.4 is 4.90 Å². The maximum absolute atomic E-state index is 13.2. The number of hydrogen-bond donors (Lipinski definition) is 0. The molecule has 0 unspecified atom stereocenters. The fraction of sp³-hybridized carbons (Fsp3) is 0.258. The molecule has 3 aromatic carbocycles. The Kier molecular flexibility index (Phi) is 9.69. The maximum Gasteiger partial charge on any atom is 0.338 e. The zero-order chi connectivity index (χ0) is 29.6. The van der Waals surface area contributed by atoms with Gasteiger partial charge in [0.05, 0.1) is 11.3 Å². The predicted octanol–water partition coefficient (Wildman–Crippen LogP) is 4.85. The largest absolute Gasteiger partial charge is 0.454 e. The number of hydrogen-bond acceptors (Lipinski definition) is 8. The van der Waals surface area contributed by atoms with Crippen molar-refractivity contribution in [2.45, 2.75) is 18.2 Å². The highest BCUT2D eigenvalue weighted by atomic mass is 35.5. The molecule has 2 saturated heterocycles. The molecule has 0 bridgehead atoms. The molecule has 0 aliphatic carbocycles. The number of esters is 1. The van der Waals surface area contributed by atoms with E-state index in [1.165, 1.54) is 47.7 Å². The Hall–Kier alpha value is -3.57. The molecule has 2 fully saturated rings. The number of thioether (sulfide) groups is 1. The molecular formula is C31H28ClN3O5S2. The third-order valence-corrected chi connectivity index (χ3v) is 8.96. The summed E-state index contributed by atoms with van der Waals surface area (Å²) in [5, 5.41) is -0.192. The number of imide groups is 1. The lowest BCUT2D eigenvalue weighted by Crippen LogP contribution is -2.47. The first-order valence-corrected chi connectivity index (χ1v) is 15.1. The average molecular weight is 622 g/mol. The highest BCUT2D eigenvalue weighted by molar-refractivity contribution is 8.23. The number of carbonyl (C=O) groups excluding carboxylic acids is 4. The molecule has 0 N–H and O–H groups in total. The summed E-state index contributed by atoms with van der Waals surface area (Å²) in [7, 11) is 0. The molecule has 2 aliphatic rings. The first kappa shape index (κ1) is 29.9. The summed E-state index contributed by atoms with van der Waals surface area (Å²) in [6, 6.07) is 22.7. The summed E-state index contributed by atoms with van der Waals surface area (Å²) in [5.41, 5.74) is 2.16. The van der Waals surface area contributed by atoms with E-state index in [-0.39, 0.29) is 29.6 Å². The second-order valence-electron chi connectivity index (χ2n) is 9.95. The number of nitrogens with zero attached hydrogens (tertiary/aromatic N) is 3. The Morgan fingerprint density at radius 1 is 0.905 bits per heavy atom. The zero-order valence-corrected chi connectivity index (χ0v) is 25.0. The SMILES string of the molecule is O=C(COC(=O)c1ccc(N2C(=O)C[C@H](SC(=S)N3CCN(Cc4ccccc4)CC3)C2=O)cc1)c1cccc(Cl)c1. The number of anilines is 1. The van der Waals surface area contributed by atoms with Gasteiger partial charge in [-0.05, 0) is 42.0 Å². The van der Waals surface area contributed by atoms with E-state index in [1.54, 1.807) is 18.2 Å². The second-order valence-corrected chi connectivity index (χ2v) is 12.2. The van der Waals surface area contributed by atoms with Crippen LogP contribution in [-0.4, -0.2) is 75.7 Å². The number of ketones is 1. The molecule has 0 radical (unpaired) electrons. The van der Waals surface area contributed by atoms with Crippen LogP contribution in [-0.2, 0) is 20.9 Å². The fourth-order valence-corrected chi connectivity index (χ4v) is 6.53. The normalized spacial score (nSPS) is 17.4. The van der Waals surface area contributed by atoms with Gasteiger partial charge in [0.15, 0.2) is 12.4 Å². The van der Waals surface area contributed by atoms with Crippen LogP contribution in [0, 0.1) is 0 Å². The Labute approximate surface area is 258 Å². The number of amides is 2. The van der Waals surface area contributed by atoms with E-state index in [0.29, 0.717) is 20.6 Å². The van der Waals surface area contributed by atoms with Gasteiger partial charge >= 0.3 is 5.97 Å². The van der Waals surface area contributed by atoms with Crippen LogP contribution in [0.15, 0.2) is 78.9 Å². The first-order valence-electron chi connectivity index (χ1n) is 13.4. The summed E-state index contributed by atoms with van der Waals surface area (Å²) >= 11 is 12.8. The van der Waals surface area contributed by atoms with Gasteiger partial charge in [-0.1, -0.05) is 78.0 Å². The molecule has 2 heterocycles. The molecule has 5 rings (SSSR count). The Morgan fingerprint density at radius 2 is 1.62 bits per heavy atom. The van der Waals surface area contributed by atoms with Gasteiger partial charge in [-0.3, -0.25) is 19.3 Å². The van der Waals surface area contributed by atoms with Gasteiger partial charge < -0.3 is 9.64 Å². The molecule has 3 aromatic rings. The van der Waals surface area contributed by atoms with Gasteiger partial charge in [0.1, 0.15) is 9.57 Å². The minimum Gasteiger partial charge on any atom is -0.454 e. The summed E-state index contributed by atoms with van der Waals surface area (Å²) in [6.45, 7) is 3.70. The predicted molar refractivity (Wildman–Crippen MR) is 167 cm³/mol. The van der Waals surface area contributed by atoms with Crippen LogP contribution in [0.1, 0.15) is 32.7 Å². The van der Waals surface area contributed by atoms with Crippen molar-refractivity contribution < 1.29 is 23.9 Å². The zero-order valence-electron chi connectivity index (χ0n) is 22.6. The van der Waals surface area contributed by atoms with Crippen molar-refractivity contribution in [1.29, 1.82) is 0 Å². The number of halogens is 1. The second kappa shape index (κ2) is 13.6. The molecule has 42 heavy (non-hydrogen) atoms. The number of rotatable bonds is 8. The standard InChI is InChI=1S/C31H28ClN3O5S2/c32-24-8-4-7-23(17-24)26(36)20-40-30(39)22-9-11-25(12-10-22)35-28(37)18-27(29(35)38)42-31(41)34-15-13-33(14-16-34)19-21-5-2-1-3-6-21/h1-12,17,27H,13-16,18-20H2/t27-/m0/s1. The lowest BCUT2D eigenvalue weighted by atomic mass is 10.1. The maximum atomic E-state index is 13.2. The Balaban J connectivity index is 1.11. The third kappa shape index (κ3) is 7.25. The number of Topliss-reactive ketones (excluding diaryl/α,β-unsaturated/α-hetero) is 1. The van der Waals surface area contributed by atoms with Gasteiger partial charge in [0, 0.05) is 49.7 Å². The molecule has 0 aromatic heterocycles. The van der Waals surface area contributed by atoms with Crippen LogP contribution in [0.25, 0.3) is 0 Å². The van der Waals surface area contributed by atoms with E-state index in [9.17, 15) is 19.2 Å². The van der Waals surface area contributed by atoms with Crippen molar-refractivity contribution in [3.63, 3.8) is 0 Å². The van der Waals surface area contributed by atoms with E-state index >= 15 is 0 Å². The summed E-state index contributed by atoms with van der Waals surface area (Å²) in [5.74, 6) is -1.74. The molecule has 8 nitrogen and oxygen atoms in total. The highest BCUT2D eigenvalue weighted by Crippen LogP contribution is 2.31. The van der Waals surface area contributed by atoms with Crippen molar-refractivity contribution in [2.24, 2.45) is 0 Å². The van der Waals surface area contributed by atoms with Gasteiger partial charge in [-0.2, -0.15) is 0 Å². The number of benzene rings is 3. The van der Waals surface area contributed by atoms with E-state index in [0.717, 1.165) is 37.6 Å². The number of thiocarbonyl (C=S) groups is 1. The van der Waals surface area contributed by atoms with Gasteiger partial charge in [-0.25, -0.2) is 9.69 Å². The van der Waals surface area contributed by atoms with Gasteiger partial charge in [-0.15, -0.1) is 0 Å². The first-order chi connectivity index (χ1) is 20.3. The number of ether oxygens (including phenoxy) is 1. The number of piperazine rings is 1. The molecule has 11 heteroatoms. The van der Waals surface area contributed by atoms with Crippen molar-refractivity contribution in [3.8, 4) is 0 Å². The summed E-state index contributed by atoms with van der Waals surface area (Å²) < 4.78 is 5.76. The Morgan fingerprint density at radius 3 is 2.31 bits per heavy atom. The fourth-order valence-electron chi connectivity index (χ4n) is 4.80. The van der Waals surface area contributed by atoms with Crippen LogP contribution in [0.2, 0.25) is 5.02 Å². The molecule has 0 saturated carbocycles. The van der Waals surface area contributed by atoms with E-state index in [4.69, 9.17) is 28.6 Å². The lowest BCUT2D eigenvalue weighted by molar-refractivity contribution is -0.121. The minimum atomic E-state index is -0.696. The minimum absolute atomic E-state index is 0.0486. The van der Waals surface area contributed by atoms with Crippen LogP contribution in [0.3, 0.4) is 0 Å². The topological polar surface area (TPSA) is 87.2 Å². The third-order valence-electron chi connectivity index (χ3n) is 7.07. The molecule has 2 aliphatic heterocycles. The molecule has 216 valence electrons. The van der Waals surface area contributed by atoms with Gasteiger partial charge in [0.25, 0.3) is 0 Å². The molecule has 0 spiro atoms. The summed E-state index contributed by atoms with van der Waals surface area (Å²) in [6.07, 6.45) is 0.0486. The van der Waals surface area contributed by atoms with Crippen LogP contribution in [0.4, 0.5) is 5.69 Å². The molecule has 2 amide bonds. The van der Waals surface area contributed by atoms with E-state index in [1.807, 2.05) is 18.2 Å². The number of carbonyl (C=O) groups is 4. The van der Waals surface area contributed by atoms with E-state index in [2.05, 4.69) is 21.9 Å². The average Bonchev–Trinajstić information content (AvgIpc) is 3.28. The van der Waals surface area contributed by atoms with Crippen molar-refractivity contribution in [3.05, 3.63) is 101 Å². The monoisotopic (exact) mass is 621 g/mol. The van der Waals surface area contributed by atoms with Crippen LogP contribution in [0.5, 0.6) is 0 Å².